The Labute approximate surface area is 172 Å². The molecule has 9 heteroatoms. The minimum absolute atomic E-state index is 0.0602. The van der Waals surface area contributed by atoms with Gasteiger partial charge in [0.15, 0.2) is 0 Å². The fourth-order valence-corrected chi connectivity index (χ4v) is 3.76. The van der Waals surface area contributed by atoms with Crippen molar-refractivity contribution in [2.24, 2.45) is 0 Å². The standard InChI is InChI=1S/C21H21FN4O4/c22-14-2-1-3-15(11-14)23-21(30)25-8-9-26-18(12-25)19(28)24-17(20(26)29)10-13-4-6-16(27)7-5-13/h1-7,11,17-18,27H,8-10,12H2,(H,23,30)(H,24,28)/t17-,18+/m0/s1. The number of carbonyl (C=O) groups is 3. The number of nitrogens with zero attached hydrogens (tertiary/aromatic N) is 2. The topological polar surface area (TPSA) is 102 Å². The van der Waals surface area contributed by atoms with Crippen LogP contribution in [-0.4, -0.2) is 64.5 Å². The van der Waals surface area contributed by atoms with Crippen molar-refractivity contribution in [2.75, 3.05) is 25.0 Å². The summed E-state index contributed by atoms with van der Waals surface area (Å²) in [6.07, 6.45) is 0.317. The first kappa shape index (κ1) is 19.7. The average molecular weight is 412 g/mol. The van der Waals surface area contributed by atoms with E-state index in [1.165, 1.54) is 40.1 Å². The van der Waals surface area contributed by atoms with E-state index >= 15 is 0 Å². The molecule has 156 valence electrons. The number of anilines is 1. The second-order valence-electron chi connectivity index (χ2n) is 7.37. The zero-order valence-corrected chi connectivity index (χ0v) is 16.0. The first-order valence-electron chi connectivity index (χ1n) is 9.61. The normalized spacial score (nSPS) is 21.1. The third-order valence-electron chi connectivity index (χ3n) is 5.32. The number of carbonyl (C=O) groups excluding carboxylic acids is 3. The van der Waals surface area contributed by atoms with Gasteiger partial charge in [-0.15, -0.1) is 0 Å². The van der Waals surface area contributed by atoms with Crippen molar-refractivity contribution < 1.29 is 23.9 Å². The fraction of sp³-hybridized carbons (Fsp3) is 0.286. The molecule has 2 fully saturated rings. The number of benzene rings is 2. The smallest absolute Gasteiger partial charge is 0.321 e. The number of urea groups is 1. The maximum absolute atomic E-state index is 13.3. The highest BCUT2D eigenvalue weighted by Crippen LogP contribution is 2.20. The second kappa shape index (κ2) is 8.02. The number of fused-ring (bicyclic) bond motifs is 1. The van der Waals surface area contributed by atoms with Crippen LogP contribution in [0.2, 0.25) is 0 Å². The number of nitrogens with one attached hydrogen (secondary N) is 2. The Kier molecular flexibility index (Phi) is 5.26. The maximum Gasteiger partial charge on any atom is 0.321 e. The van der Waals surface area contributed by atoms with Crippen LogP contribution < -0.4 is 10.6 Å². The lowest BCUT2D eigenvalue weighted by Gasteiger charge is -2.45. The van der Waals surface area contributed by atoms with Crippen molar-refractivity contribution >= 4 is 23.5 Å². The van der Waals surface area contributed by atoms with Gasteiger partial charge >= 0.3 is 6.03 Å². The Morgan fingerprint density at radius 3 is 2.67 bits per heavy atom. The molecule has 0 saturated carbocycles. The number of phenols is 1. The Hall–Kier alpha value is -3.62. The molecule has 0 bridgehead atoms. The first-order valence-corrected chi connectivity index (χ1v) is 9.61. The molecule has 2 aliphatic rings. The molecule has 30 heavy (non-hydrogen) atoms. The van der Waals surface area contributed by atoms with E-state index in [9.17, 15) is 23.9 Å². The highest BCUT2D eigenvalue weighted by molar-refractivity contribution is 5.98. The van der Waals surface area contributed by atoms with Crippen LogP contribution in [0.5, 0.6) is 5.75 Å². The summed E-state index contributed by atoms with van der Waals surface area (Å²) in [5, 5.41) is 14.7. The summed E-state index contributed by atoms with van der Waals surface area (Å²) in [4.78, 5) is 41.0. The second-order valence-corrected chi connectivity index (χ2v) is 7.37. The summed E-state index contributed by atoms with van der Waals surface area (Å²) < 4.78 is 13.3. The van der Waals surface area contributed by atoms with E-state index < -0.39 is 23.9 Å². The minimum atomic E-state index is -0.763. The van der Waals surface area contributed by atoms with Crippen LogP contribution in [0.1, 0.15) is 5.56 Å². The number of piperazine rings is 2. The molecule has 2 atom stereocenters. The maximum atomic E-state index is 13.3. The molecule has 2 heterocycles. The molecular formula is C21H21FN4O4. The van der Waals surface area contributed by atoms with Crippen molar-refractivity contribution in [3.8, 4) is 5.75 Å². The zero-order valence-electron chi connectivity index (χ0n) is 16.0. The molecular weight excluding hydrogens is 391 g/mol. The predicted octanol–water partition coefficient (Wildman–Crippen LogP) is 1.32. The molecule has 4 rings (SSSR count). The first-order chi connectivity index (χ1) is 14.4. The highest BCUT2D eigenvalue weighted by atomic mass is 19.1. The molecule has 2 aliphatic heterocycles. The van der Waals surface area contributed by atoms with Gasteiger partial charge < -0.3 is 25.5 Å². The highest BCUT2D eigenvalue weighted by Gasteiger charge is 2.44. The third-order valence-corrected chi connectivity index (χ3v) is 5.32. The van der Waals surface area contributed by atoms with E-state index in [1.807, 2.05) is 0 Å². The summed E-state index contributed by atoms with van der Waals surface area (Å²) in [5.74, 6) is -0.848. The van der Waals surface area contributed by atoms with Gasteiger partial charge in [-0.3, -0.25) is 9.59 Å². The molecule has 0 aliphatic carbocycles. The van der Waals surface area contributed by atoms with Gasteiger partial charge in [0.25, 0.3) is 0 Å². The molecule has 2 aromatic carbocycles. The molecule has 0 radical (unpaired) electrons. The summed E-state index contributed by atoms with van der Waals surface area (Å²) in [6.45, 7) is 0.562. The van der Waals surface area contributed by atoms with Gasteiger partial charge in [0.1, 0.15) is 23.7 Å². The average Bonchev–Trinajstić information content (AvgIpc) is 2.73. The Bertz CT molecular complexity index is 981. The van der Waals surface area contributed by atoms with Crippen LogP contribution in [0, 0.1) is 5.82 Å². The van der Waals surface area contributed by atoms with E-state index in [0.717, 1.165) is 5.56 Å². The lowest BCUT2D eigenvalue weighted by molar-refractivity contribution is -0.152. The quantitative estimate of drug-likeness (QED) is 0.708. The fourth-order valence-electron chi connectivity index (χ4n) is 3.76. The van der Waals surface area contributed by atoms with E-state index in [1.54, 1.807) is 18.2 Å². The van der Waals surface area contributed by atoms with Crippen molar-refractivity contribution in [1.82, 2.24) is 15.1 Å². The van der Waals surface area contributed by atoms with E-state index in [0.29, 0.717) is 12.1 Å². The van der Waals surface area contributed by atoms with Gasteiger partial charge in [0, 0.05) is 25.2 Å². The van der Waals surface area contributed by atoms with Crippen molar-refractivity contribution in [3.63, 3.8) is 0 Å². The van der Waals surface area contributed by atoms with Crippen LogP contribution in [0.15, 0.2) is 48.5 Å². The largest absolute Gasteiger partial charge is 0.508 e. The molecule has 2 aromatic rings. The third kappa shape index (κ3) is 4.05. The molecule has 0 spiro atoms. The molecule has 0 aromatic heterocycles. The monoisotopic (exact) mass is 412 g/mol. The van der Waals surface area contributed by atoms with Crippen LogP contribution in [0.3, 0.4) is 0 Å². The number of hydrogen-bond donors (Lipinski definition) is 3. The number of amides is 4. The zero-order chi connectivity index (χ0) is 21.3. The lowest BCUT2D eigenvalue weighted by Crippen LogP contribution is -2.70. The van der Waals surface area contributed by atoms with E-state index in [4.69, 9.17) is 0 Å². The molecule has 4 amide bonds. The molecule has 2 saturated heterocycles. The number of rotatable bonds is 3. The van der Waals surface area contributed by atoms with Crippen LogP contribution in [0.25, 0.3) is 0 Å². The number of aromatic hydroxyl groups is 1. The van der Waals surface area contributed by atoms with Gasteiger partial charge in [-0.05, 0) is 35.9 Å². The molecule has 3 N–H and O–H groups in total. The minimum Gasteiger partial charge on any atom is -0.508 e. The number of hydrogen-bond acceptors (Lipinski definition) is 4. The Morgan fingerprint density at radius 1 is 1.17 bits per heavy atom. The number of halogens is 1. The molecule has 8 nitrogen and oxygen atoms in total. The molecule has 0 unspecified atom stereocenters. The van der Waals surface area contributed by atoms with Gasteiger partial charge in [-0.2, -0.15) is 0 Å². The van der Waals surface area contributed by atoms with E-state index in [2.05, 4.69) is 10.6 Å². The van der Waals surface area contributed by atoms with Crippen LogP contribution in [0.4, 0.5) is 14.9 Å². The van der Waals surface area contributed by atoms with Crippen molar-refractivity contribution in [1.29, 1.82) is 0 Å². The Morgan fingerprint density at radius 2 is 1.93 bits per heavy atom. The summed E-state index contributed by atoms with van der Waals surface area (Å²) in [7, 11) is 0. The van der Waals surface area contributed by atoms with Crippen molar-refractivity contribution in [3.05, 3.63) is 59.9 Å². The summed E-state index contributed by atoms with van der Waals surface area (Å²) >= 11 is 0. The van der Waals surface area contributed by atoms with Gasteiger partial charge in [0.05, 0.1) is 6.54 Å². The predicted molar refractivity (Wildman–Crippen MR) is 106 cm³/mol. The van der Waals surface area contributed by atoms with E-state index in [-0.39, 0.29) is 37.2 Å². The summed E-state index contributed by atoms with van der Waals surface area (Å²) in [6, 6.07) is 10.1. The van der Waals surface area contributed by atoms with Crippen LogP contribution >= 0.6 is 0 Å². The Balaban J connectivity index is 1.40. The van der Waals surface area contributed by atoms with Gasteiger partial charge in [-0.25, -0.2) is 9.18 Å². The summed E-state index contributed by atoms with van der Waals surface area (Å²) in [5.41, 5.74) is 1.14. The van der Waals surface area contributed by atoms with Crippen molar-refractivity contribution in [2.45, 2.75) is 18.5 Å². The van der Waals surface area contributed by atoms with Gasteiger partial charge in [-0.1, -0.05) is 18.2 Å². The SMILES string of the molecule is O=C1N[C@@H](Cc2ccc(O)cc2)C(=O)N2CCN(C(=O)Nc3cccc(F)c3)C[C@H]12. The van der Waals surface area contributed by atoms with Gasteiger partial charge in [0.2, 0.25) is 11.8 Å². The number of phenolic OH excluding ortho intramolecular Hbond substituents is 1. The lowest BCUT2D eigenvalue weighted by atomic mass is 9.98. The van der Waals surface area contributed by atoms with Crippen LogP contribution in [-0.2, 0) is 16.0 Å².